The molecule has 0 saturated carbocycles. The van der Waals surface area contributed by atoms with Crippen molar-refractivity contribution >= 4 is 56.5 Å². The molecular formula is C17H16Cl4O3S. The molecule has 0 fully saturated rings. The van der Waals surface area contributed by atoms with Crippen molar-refractivity contribution in [3.05, 3.63) is 67.6 Å². The Morgan fingerprint density at radius 1 is 0.960 bits per heavy atom. The molecule has 1 atom stereocenters. The second-order valence-corrected chi connectivity index (χ2v) is 8.96. The number of aryl methyl sites for hydroxylation is 1. The summed E-state index contributed by atoms with van der Waals surface area (Å²) in [6.45, 7) is -0.00854. The molecule has 0 aliphatic rings. The van der Waals surface area contributed by atoms with E-state index in [1.807, 2.05) is 6.07 Å². The molecule has 0 N–H and O–H groups in total. The van der Waals surface area contributed by atoms with E-state index < -0.39 is 10.1 Å². The largest absolute Gasteiger partial charge is 0.270 e. The summed E-state index contributed by atoms with van der Waals surface area (Å²) in [6.07, 6.45) is 2.23. The molecule has 136 valence electrons. The third-order valence-corrected chi connectivity index (χ3v) is 5.38. The molecule has 0 radical (unpaired) electrons. The molecule has 1 unspecified atom stereocenters. The van der Waals surface area contributed by atoms with Crippen LogP contribution in [-0.2, 0) is 20.7 Å². The summed E-state index contributed by atoms with van der Waals surface area (Å²) in [6, 6.07) is 10.4. The third kappa shape index (κ3) is 6.63. The SMILES string of the molecule is CS(=O)(=O)OCC(CCc1ccc(Cl)cc1Cl)c1ccc(Cl)cc1Cl. The topological polar surface area (TPSA) is 43.4 Å². The minimum Gasteiger partial charge on any atom is -0.270 e. The van der Waals surface area contributed by atoms with Crippen molar-refractivity contribution in [1.29, 1.82) is 0 Å². The molecule has 0 heterocycles. The smallest absolute Gasteiger partial charge is 0.264 e. The molecule has 0 saturated heterocycles. The van der Waals surface area contributed by atoms with Crippen molar-refractivity contribution in [3.8, 4) is 0 Å². The lowest BCUT2D eigenvalue weighted by Crippen LogP contribution is -2.13. The van der Waals surface area contributed by atoms with Crippen LogP contribution < -0.4 is 0 Å². The van der Waals surface area contributed by atoms with Gasteiger partial charge in [0.25, 0.3) is 10.1 Å². The van der Waals surface area contributed by atoms with Crippen molar-refractivity contribution in [2.45, 2.75) is 18.8 Å². The predicted octanol–water partition coefficient (Wildman–Crippen LogP) is 5.99. The van der Waals surface area contributed by atoms with E-state index in [2.05, 4.69) is 0 Å². The third-order valence-electron chi connectivity index (χ3n) is 3.66. The first kappa shape index (κ1) is 20.8. The summed E-state index contributed by atoms with van der Waals surface area (Å²) < 4.78 is 27.7. The van der Waals surface area contributed by atoms with Crippen LogP contribution in [-0.4, -0.2) is 21.3 Å². The Hall–Kier alpha value is -0.490. The van der Waals surface area contributed by atoms with Gasteiger partial charge in [0.15, 0.2) is 0 Å². The summed E-state index contributed by atoms with van der Waals surface area (Å²) >= 11 is 24.3. The first-order valence-corrected chi connectivity index (χ1v) is 10.7. The lowest BCUT2D eigenvalue weighted by Gasteiger charge is -2.19. The molecule has 0 bridgehead atoms. The maximum absolute atomic E-state index is 11.4. The molecule has 0 aliphatic heterocycles. The first-order chi connectivity index (χ1) is 11.7. The Bertz CT molecular complexity index is 853. The van der Waals surface area contributed by atoms with Crippen LogP contribution in [0.2, 0.25) is 20.1 Å². The normalized spacial score (nSPS) is 13.0. The van der Waals surface area contributed by atoms with Gasteiger partial charge in [-0.3, -0.25) is 4.18 Å². The van der Waals surface area contributed by atoms with Crippen LogP contribution in [0.15, 0.2) is 36.4 Å². The average Bonchev–Trinajstić information content (AvgIpc) is 2.49. The molecule has 0 aliphatic carbocycles. The maximum Gasteiger partial charge on any atom is 0.264 e. The highest BCUT2D eigenvalue weighted by Crippen LogP contribution is 2.32. The Balaban J connectivity index is 2.21. The number of benzene rings is 2. The van der Waals surface area contributed by atoms with Gasteiger partial charge in [-0.25, -0.2) is 0 Å². The van der Waals surface area contributed by atoms with E-state index in [-0.39, 0.29) is 12.5 Å². The number of rotatable bonds is 7. The lowest BCUT2D eigenvalue weighted by atomic mass is 9.93. The highest BCUT2D eigenvalue weighted by Gasteiger charge is 2.19. The fraction of sp³-hybridized carbons (Fsp3) is 0.294. The summed E-state index contributed by atoms with van der Waals surface area (Å²) in [5.74, 6) is -0.230. The van der Waals surface area contributed by atoms with E-state index in [0.29, 0.717) is 32.9 Å². The average molecular weight is 442 g/mol. The molecule has 2 rings (SSSR count). The number of halogens is 4. The van der Waals surface area contributed by atoms with E-state index >= 15 is 0 Å². The Morgan fingerprint density at radius 2 is 1.56 bits per heavy atom. The van der Waals surface area contributed by atoms with Crippen molar-refractivity contribution in [3.63, 3.8) is 0 Å². The standard InChI is InChI=1S/C17H16Cl4O3S/c1-25(22,23)24-10-12(15-7-6-14(19)9-17(15)21)3-2-11-4-5-13(18)8-16(11)20/h4-9,12H,2-3,10H2,1H3. The molecule has 2 aromatic rings. The van der Waals surface area contributed by atoms with Crippen molar-refractivity contribution in [2.75, 3.05) is 12.9 Å². The highest BCUT2D eigenvalue weighted by molar-refractivity contribution is 7.85. The van der Waals surface area contributed by atoms with Gasteiger partial charge in [0.2, 0.25) is 0 Å². The van der Waals surface area contributed by atoms with Crippen LogP contribution in [0, 0.1) is 0 Å². The van der Waals surface area contributed by atoms with Gasteiger partial charge in [-0.15, -0.1) is 0 Å². The van der Waals surface area contributed by atoms with E-state index in [4.69, 9.17) is 50.6 Å². The van der Waals surface area contributed by atoms with Crippen molar-refractivity contribution in [2.24, 2.45) is 0 Å². The monoisotopic (exact) mass is 440 g/mol. The molecule has 8 heteroatoms. The summed E-state index contributed by atoms with van der Waals surface area (Å²) in [4.78, 5) is 0. The second kappa shape index (κ2) is 8.94. The van der Waals surface area contributed by atoms with E-state index in [1.165, 1.54) is 0 Å². The molecule has 2 aromatic carbocycles. The van der Waals surface area contributed by atoms with Crippen LogP contribution >= 0.6 is 46.4 Å². The van der Waals surface area contributed by atoms with Crippen LogP contribution in [0.25, 0.3) is 0 Å². The van der Waals surface area contributed by atoms with Crippen molar-refractivity contribution in [1.82, 2.24) is 0 Å². The van der Waals surface area contributed by atoms with Gasteiger partial charge < -0.3 is 0 Å². The highest BCUT2D eigenvalue weighted by atomic mass is 35.5. The van der Waals surface area contributed by atoms with E-state index in [9.17, 15) is 8.42 Å². The minimum atomic E-state index is -3.56. The van der Waals surface area contributed by atoms with Gasteiger partial charge in [0.05, 0.1) is 12.9 Å². The maximum atomic E-state index is 11.4. The minimum absolute atomic E-state index is 0.00854. The molecule has 25 heavy (non-hydrogen) atoms. The Morgan fingerprint density at radius 3 is 2.12 bits per heavy atom. The van der Waals surface area contributed by atoms with E-state index in [1.54, 1.807) is 30.3 Å². The van der Waals surface area contributed by atoms with Gasteiger partial charge in [0, 0.05) is 26.0 Å². The fourth-order valence-corrected chi connectivity index (χ4v) is 3.90. The fourth-order valence-electron chi connectivity index (χ4n) is 2.42. The molecule has 0 amide bonds. The summed E-state index contributed by atoms with van der Waals surface area (Å²) in [7, 11) is -3.56. The Labute approximate surface area is 167 Å². The number of hydrogen-bond donors (Lipinski definition) is 0. The first-order valence-electron chi connectivity index (χ1n) is 7.39. The van der Waals surface area contributed by atoms with Gasteiger partial charge in [-0.05, 0) is 48.2 Å². The molecule has 3 nitrogen and oxygen atoms in total. The molecule has 0 aromatic heterocycles. The van der Waals surface area contributed by atoms with Gasteiger partial charge in [-0.2, -0.15) is 8.42 Å². The summed E-state index contributed by atoms with van der Waals surface area (Å²) in [5, 5.41) is 2.11. The lowest BCUT2D eigenvalue weighted by molar-refractivity contribution is 0.288. The zero-order chi connectivity index (χ0) is 18.6. The van der Waals surface area contributed by atoms with Crippen LogP contribution in [0.3, 0.4) is 0 Å². The zero-order valence-corrected chi connectivity index (χ0v) is 17.1. The van der Waals surface area contributed by atoms with E-state index in [0.717, 1.165) is 17.4 Å². The van der Waals surface area contributed by atoms with Gasteiger partial charge >= 0.3 is 0 Å². The predicted molar refractivity (Wildman–Crippen MR) is 105 cm³/mol. The zero-order valence-electron chi connectivity index (χ0n) is 13.3. The van der Waals surface area contributed by atoms with Crippen LogP contribution in [0.4, 0.5) is 0 Å². The summed E-state index contributed by atoms with van der Waals surface area (Å²) in [5.41, 5.74) is 1.69. The van der Waals surface area contributed by atoms with Crippen molar-refractivity contribution < 1.29 is 12.6 Å². The molecular weight excluding hydrogens is 426 g/mol. The Kier molecular flexibility index (Phi) is 7.44. The van der Waals surface area contributed by atoms with Gasteiger partial charge in [0.1, 0.15) is 0 Å². The quantitative estimate of drug-likeness (QED) is 0.495. The van der Waals surface area contributed by atoms with Crippen LogP contribution in [0.1, 0.15) is 23.5 Å². The molecule has 0 spiro atoms. The number of hydrogen-bond acceptors (Lipinski definition) is 3. The van der Waals surface area contributed by atoms with Gasteiger partial charge in [-0.1, -0.05) is 58.5 Å². The van der Waals surface area contributed by atoms with Crippen LogP contribution in [0.5, 0.6) is 0 Å². The second-order valence-electron chi connectivity index (χ2n) is 5.63.